The molecule has 6 nitrogen and oxygen atoms in total. The van der Waals surface area contributed by atoms with Crippen molar-refractivity contribution in [3.8, 4) is 16.9 Å². The zero-order valence-electron chi connectivity index (χ0n) is 27.4. The van der Waals surface area contributed by atoms with Gasteiger partial charge in [0.15, 0.2) is 0 Å². The maximum atomic E-state index is 4.57. The molecule has 2 aliphatic rings. The van der Waals surface area contributed by atoms with Crippen LogP contribution in [0.15, 0.2) is 192 Å². The van der Waals surface area contributed by atoms with E-state index >= 15 is 0 Å². The maximum Gasteiger partial charge on any atom is 0.113 e. The molecular formula is C44H30N6S. The van der Waals surface area contributed by atoms with Gasteiger partial charge in [-0.05, 0) is 97.1 Å². The second-order valence-corrected chi connectivity index (χ2v) is 13.6. The minimum atomic E-state index is 0.820. The molecule has 0 amide bonds. The summed E-state index contributed by atoms with van der Waals surface area (Å²) >= 11 is 1.82. The van der Waals surface area contributed by atoms with E-state index in [4.69, 9.17) is 0 Å². The summed E-state index contributed by atoms with van der Waals surface area (Å²) in [7, 11) is 0. The van der Waals surface area contributed by atoms with Crippen molar-refractivity contribution in [2.75, 3.05) is 14.7 Å². The number of hydrogen-bond acceptors (Lipinski definition) is 6. The predicted octanol–water partition coefficient (Wildman–Crippen LogP) is 12.1. The molecule has 3 heterocycles. The Morgan fingerprint density at radius 3 is 1.27 bits per heavy atom. The normalized spacial score (nSPS) is 12.9. The van der Waals surface area contributed by atoms with Gasteiger partial charge in [-0.1, -0.05) is 95.8 Å². The first-order valence-corrected chi connectivity index (χ1v) is 17.7. The molecule has 0 fully saturated rings. The first-order valence-electron chi connectivity index (χ1n) is 16.9. The van der Waals surface area contributed by atoms with Crippen molar-refractivity contribution in [2.45, 2.75) is 9.79 Å². The van der Waals surface area contributed by atoms with Crippen LogP contribution in [0.3, 0.4) is 0 Å². The average molecular weight is 675 g/mol. The number of para-hydroxylation sites is 7. The highest BCUT2D eigenvalue weighted by molar-refractivity contribution is 7.99. The molecule has 8 aromatic rings. The Morgan fingerprint density at radius 1 is 0.353 bits per heavy atom. The molecule has 0 spiro atoms. The Morgan fingerprint density at radius 2 is 0.745 bits per heavy atom. The zero-order valence-corrected chi connectivity index (χ0v) is 28.2. The lowest BCUT2D eigenvalue weighted by Gasteiger charge is -2.40. The monoisotopic (exact) mass is 674 g/mol. The van der Waals surface area contributed by atoms with Gasteiger partial charge in [-0.3, -0.25) is 0 Å². The third-order valence-electron chi connectivity index (χ3n) is 9.46. The van der Waals surface area contributed by atoms with E-state index in [0.717, 1.165) is 56.8 Å². The molecule has 0 saturated carbocycles. The molecule has 0 radical (unpaired) electrons. The van der Waals surface area contributed by atoms with Crippen LogP contribution in [0.1, 0.15) is 0 Å². The minimum absolute atomic E-state index is 0.820. The van der Waals surface area contributed by atoms with Gasteiger partial charge in [0.1, 0.15) is 5.69 Å². The van der Waals surface area contributed by atoms with Gasteiger partial charge in [-0.15, -0.1) is 5.10 Å². The molecule has 0 atom stereocenters. The Kier molecular flexibility index (Phi) is 6.96. The summed E-state index contributed by atoms with van der Waals surface area (Å²) in [6.07, 6.45) is 2.00. The van der Waals surface area contributed by atoms with Crippen LogP contribution in [0.25, 0.3) is 16.9 Å². The summed E-state index contributed by atoms with van der Waals surface area (Å²) in [5.41, 5.74) is 13.0. The SMILES string of the molecule is c1ccc(N2c3ccccc3N(c3ccc(-n4cc(-c5ccc(N6c7ccccc7Sc7ccccc76)cc5)nn4)cc3)c3ccccc32)cc1. The van der Waals surface area contributed by atoms with Crippen LogP contribution >= 0.6 is 11.8 Å². The van der Waals surface area contributed by atoms with Crippen LogP contribution in [0, 0.1) is 0 Å². The third-order valence-corrected chi connectivity index (χ3v) is 10.6. The fraction of sp³-hybridized carbons (Fsp3) is 0. The molecule has 0 N–H and O–H groups in total. The number of benzene rings is 7. The first-order chi connectivity index (χ1) is 25.3. The fourth-order valence-corrected chi connectivity index (χ4v) is 8.18. The quantitative estimate of drug-likeness (QED) is 0.181. The van der Waals surface area contributed by atoms with E-state index in [1.54, 1.807) is 0 Å². The maximum absolute atomic E-state index is 4.57. The second kappa shape index (κ2) is 12.1. The van der Waals surface area contributed by atoms with Crippen molar-refractivity contribution in [3.05, 3.63) is 182 Å². The van der Waals surface area contributed by atoms with Crippen LogP contribution in [0.5, 0.6) is 0 Å². The number of rotatable bonds is 5. The number of fused-ring (bicyclic) bond motifs is 4. The molecular weight excluding hydrogens is 645 g/mol. The molecule has 0 aliphatic carbocycles. The highest BCUT2D eigenvalue weighted by atomic mass is 32.2. The highest BCUT2D eigenvalue weighted by Crippen LogP contribution is 2.54. The largest absolute Gasteiger partial charge is 0.308 e. The van der Waals surface area contributed by atoms with Crippen molar-refractivity contribution in [1.82, 2.24) is 15.0 Å². The Bertz CT molecular complexity index is 2430. The van der Waals surface area contributed by atoms with Crippen LogP contribution in [0.2, 0.25) is 0 Å². The van der Waals surface area contributed by atoms with Crippen molar-refractivity contribution >= 4 is 62.9 Å². The lowest BCUT2D eigenvalue weighted by molar-refractivity contribution is 0.804. The van der Waals surface area contributed by atoms with Crippen molar-refractivity contribution < 1.29 is 0 Å². The van der Waals surface area contributed by atoms with Crippen LogP contribution in [0.4, 0.5) is 51.2 Å². The standard InChI is InChI=1S/C44H30N6S/c1-2-12-33(13-3-1)48-37-14-4-6-16-39(37)49(40-17-7-5-15-38(40)48)35-28-26-32(27-29-35)47-30-36(45-46-47)31-22-24-34(25-23-31)50-41-18-8-10-20-43(41)51-44-21-11-9-19-42(44)50/h1-30H. The third kappa shape index (κ3) is 4.97. The number of aromatic nitrogens is 3. The topological polar surface area (TPSA) is 40.4 Å². The van der Waals surface area contributed by atoms with Gasteiger partial charge >= 0.3 is 0 Å². The van der Waals surface area contributed by atoms with Crippen molar-refractivity contribution in [2.24, 2.45) is 0 Å². The van der Waals surface area contributed by atoms with Gasteiger partial charge in [0.25, 0.3) is 0 Å². The molecule has 7 aromatic carbocycles. The molecule has 51 heavy (non-hydrogen) atoms. The highest BCUT2D eigenvalue weighted by Gasteiger charge is 2.30. The second-order valence-electron chi connectivity index (χ2n) is 12.5. The van der Waals surface area contributed by atoms with E-state index in [9.17, 15) is 0 Å². The van der Waals surface area contributed by atoms with Crippen LogP contribution in [-0.2, 0) is 0 Å². The molecule has 0 unspecified atom stereocenters. The summed E-state index contributed by atoms with van der Waals surface area (Å²) in [4.78, 5) is 9.50. The summed E-state index contributed by atoms with van der Waals surface area (Å²) in [6, 6.07) is 62.0. The fourth-order valence-electron chi connectivity index (χ4n) is 7.12. The van der Waals surface area contributed by atoms with E-state index in [-0.39, 0.29) is 0 Å². The summed E-state index contributed by atoms with van der Waals surface area (Å²) in [5, 5.41) is 9.09. The Labute approximate surface area is 300 Å². The van der Waals surface area contributed by atoms with Gasteiger partial charge in [0, 0.05) is 32.4 Å². The van der Waals surface area contributed by atoms with Crippen molar-refractivity contribution in [3.63, 3.8) is 0 Å². The van der Waals surface area contributed by atoms with Gasteiger partial charge < -0.3 is 14.7 Å². The number of hydrogen-bond donors (Lipinski definition) is 0. The molecule has 242 valence electrons. The van der Waals surface area contributed by atoms with Crippen LogP contribution < -0.4 is 14.7 Å². The lowest BCUT2D eigenvalue weighted by Crippen LogP contribution is -2.23. The molecule has 10 rings (SSSR count). The van der Waals surface area contributed by atoms with Crippen molar-refractivity contribution in [1.29, 1.82) is 0 Å². The molecule has 2 aliphatic heterocycles. The summed E-state index contributed by atoms with van der Waals surface area (Å²) < 4.78 is 1.84. The average Bonchev–Trinajstić information content (AvgIpc) is 3.70. The molecule has 0 saturated heterocycles. The molecule has 7 heteroatoms. The van der Waals surface area contributed by atoms with Gasteiger partial charge in [-0.2, -0.15) is 0 Å². The van der Waals surface area contributed by atoms with E-state index in [0.29, 0.717) is 0 Å². The summed E-state index contributed by atoms with van der Waals surface area (Å²) in [6.45, 7) is 0. The van der Waals surface area contributed by atoms with E-state index in [1.807, 2.05) is 22.6 Å². The van der Waals surface area contributed by atoms with E-state index < -0.39 is 0 Å². The summed E-state index contributed by atoms with van der Waals surface area (Å²) in [5.74, 6) is 0. The first kappa shape index (κ1) is 29.4. The van der Waals surface area contributed by atoms with Gasteiger partial charge in [0.2, 0.25) is 0 Å². The van der Waals surface area contributed by atoms with E-state index in [1.165, 1.54) is 21.2 Å². The van der Waals surface area contributed by atoms with Gasteiger partial charge in [-0.25, -0.2) is 4.68 Å². The Hall–Kier alpha value is -6.57. The number of anilines is 9. The number of nitrogens with zero attached hydrogens (tertiary/aromatic N) is 6. The molecule has 0 bridgehead atoms. The zero-order chi connectivity index (χ0) is 33.7. The van der Waals surface area contributed by atoms with Crippen LogP contribution in [-0.4, -0.2) is 15.0 Å². The Balaban J connectivity index is 0.946. The molecule has 1 aromatic heterocycles. The predicted molar refractivity (Wildman–Crippen MR) is 209 cm³/mol. The smallest absolute Gasteiger partial charge is 0.113 e. The van der Waals surface area contributed by atoms with E-state index in [2.05, 4.69) is 201 Å². The van der Waals surface area contributed by atoms with Gasteiger partial charge in [0.05, 0.1) is 46.0 Å². The minimum Gasteiger partial charge on any atom is -0.308 e. The lowest BCUT2D eigenvalue weighted by atomic mass is 10.0.